The molecule has 3 aromatic rings. The highest BCUT2D eigenvalue weighted by molar-refractivity contribution is 7.22. The van der Waals surface area contributed by atoms with Crippen molar-refractivity contribution in [1.82, 2.24) is 20.4 Å². The largest absolute Gasteiger partial charge is 0.461 e. The SMILES string of the molecule is CCOC(=O)c1csc(NC2=CC(C)=C(Nc3nc4cc(F)ccc4s3)N(C)N2)n1. The third kappa shape index (κ3) is 4.21. The number of nitrogens with one attached hydrogen (secondary N) is 3. The third-order valence-electron chi connectivity index (χ3n) is 4.16. The molecule has 11 heteroatoms. The molecule has 3 N–H and O–H groups in total. The number of hydrogen-bond acceptors (Lipinski definition) is 10. The van der Waals surface area contributed by atoms with Crippen LogP contribution in [0.4, 0.5) is 14.7 Å². The van der Waals surface area contributed by atoms with Crippen LogP contribution < -0.4 is 16.1 Å². The Labute approximate surface area is 180 Å². The van der Waals surface area contributed by atoms with Gasteiger partial charge in [-0.3, -0.25) is 10.4 Å². The quantitative estimate of drug-likeness (QED) is 0.487. The number of benzene rings is 1. The number of rotatable bonds is 6. The molecule has 2 aromatic heterocycles. The number of ether oxygens (including phenoxy) is 1. The highest BCUT2D eigenvalue weighted by Gasteiger charge is 2.19. The number of esters is 1. The molecule has 0 saturated heterocycles. The molecule has 4 rings (SSSR count). The topological polar surface area (TPSA) is 91.4 Å². The zero-order valence-corrected chi connectivity index (χ0v) is 18.1. The molecule has 0 atom stereocenters. The normalized spacial score (nSPS) is 13.9. The Morgan fingerprint density at radius 2 is 2.13 bits per heavy atom. The number of fused-ring (bicyclic) bond motifs is 1. The van der Waals surface area contributed by atoms with E-state index in [0.29, 0.717) is 28.2 Å². The lowest BCUT2D eigenvalue weighted by Gasteiger charge is -2.31. The van der Waals surface area contributed by atoms with Crippen LogP contribution >= 0.6 is 22.7 Å². The number of carbonyl (C=O) groups is 1. The molecule has 156 valence electrons. The van der Waals surface area contributed by atoms with Gasteiger partial charge >= 0.3 is 5.97 Å². The number of halogens is 1. The smallest absolute Gasteiger partial charge is 0.357 e. The van der Waals surface area contributed by atoms with E-state index in [4.69, 9.17) is 4.74 Å². The summed E-state index contributed by atoms with van der Waals surface area (Å²) >= 11 is 2.76. The van der Waals surface area contributed by atoms with E-state index in [1.807, 2.05) is 25.1 Å². The van der Waals surface area contributed by atoms with Crippen LogP contribution in [0.5, 0.6) is 0 Å². The van der Waals surface area contributed by atoms with Crippen LogP contribution in [0, 0.1) is 5.82 Å². The Morgan fingerprint density at radius 3 is 2.90 bits per heavy atom. The first-order chi connectivity index (χ1) is 14.4. The van der Waals surface area contributed by atoms with Crippen molar-refractivity contribution in [3.05, 3.63) is 58.4 Å². The van der Waals surface area contributed by atoms with E-state index in [1.54, 1.807) is 18.4 Å². The van der Waals surface area contributed by atoms with Gasteiger partial charge in [0.1, 0.15) is 17.5 Å². The summed E-state index contributed by atoms with van der Waals surface area (Å²) in [6, 6.07) is 4.56. The highest BCUT2D eigenvalue weighted by Crippen LogP contribution is 2.29. The van der Waals surface area contributed by atoms with Crippen molar-refractivity contribution in [2.75, 3.05) is 24.3 Å². The number of carbonyl (C=O) groups excluding carboxylic acids is 1. The second-order valence-corrected chi connectivity index (χ2v) is 8.29. The van der Waals surface area contributed by atoms with Crippen LogP contribution in [0.25, 0.3) is 10.2 Å². The maximum Gasteiger partial charge on any atom is 0.357 e. The van der Waals surface area contributed by atoms with Gasteiger partial charge in [-0.05, 0) is 37.6 Å². The zero-order chi connectivity index (χ0) is 21.3. The Kier molecular flexibility index (Phi) is 5.55. The van der Waals surface area contributed by atoms with E-state index >= 15 is 0 Å². The highest BCUT2D eigenvalue weighted by atomic mass is 32.1. The van der Waals surface area contributed by atoms with Gasteiger partial charge in [0.2, 0.25) is 0 Å². The molecule has 0 aliphatic carbocycles. The second kappa shape index (κ2) is 8.28. The van der Waals surface area contributed by atoms with E-state index in [1.165, 1.54) is 34.8 Å². The van der Waals surface area contributed by atoms with E-state index < -0.39 is 5.97 Å². The van der Waals surface area contributed by atoms with Crippen LogP contribution in [0.2, 0.25) is 0 Å². The maximum atomic E-state index is 13.4. The predicted molar refractivity (Wildman–Crippen MR) is 117 cm³/mol. The van der Waals surface area contributed by atoms with Gasteiger partial charge in [0.25, 0.3) is 0 Å². The number of thiazole rings is 2. The first-order valence-corrected chi connectivity index (χ1v) is 10.8. The average Bonchev–Trinajstić information content (AvgIpc) is 3.31. The predicted octanol–water partition coefficient (Wildman–Crippen LogP) is 4.12. The summed E-state index contributed by atoms with van der Waals surface area (Å²) in [6.07, 6.45) is 1.92. The van der Waals surface area contributed by atoms with Gasteiger partial charge in [-0.15, -0.1) is 11.3 Å². The molecule has 1 aromatic carbocycles. The molecule has 0 unspecified atom stereocenters. The van der Waals surface area contributed by atoms with E-state index in [0.717, 1.165) is 16.1 Å². The standard InChI is InChI=1S/C19H19FN6O2S2/c1-4-28-17(27)13-9-29-18(22-13)23-15-7-10(2)16(26(3)25-15)24-19-21-12-8-11(20)5-6-14(12)30-19/h5-9,25H,4H2,1-3H3,(H,21,24)(H,22,23). The van der Waals surface area contributed by atoms with Crippen molar-refractivity contribution >= 4 is 49.1 Å². The Bertz CT molecular complexity index is 1170. The van der Waals surface area contributed by atoms with Gasteiger partial charge in [-0.25, -0.2) is 19.2 Å². The van der Waals surface area contributed by atoms with E-state index in [9.17, 15) is 9.18 Å². The second-order valence-electron chi connectivity index (χ2n) is 6.40. The summed E-state index contributed by atoms with van der Waals surface area (Å²) in [5.41, 5.74) is 5.04. The lowest BCUT2D eigenvalue weighted by Crippen LogP contribution is -2.41. The molecule has 0 amide bonds. The fourth-order valence-corrected chi connectivity index (χ4v) is 4.40. The molecule has 3 heterocycles. The molecule has 1 aliphatic rings. The van der Waals surface area contributed by atoms with Crippen molar-refractivity contribution in [3.8, 4) is 0 Å². The van der Waals surface area contributed by atoms with Crippen LogP contribution in [0.15, 0.2) is 46.9 Å². The first-order valence-electron chi connectivity index (χ1n) is 9.08. The molecule has 1 aliphatic heterocycles. The van der Waals surface area contributed by atoms with Gasteiger partial charge in [0, 0.05) is 18.5 Å². The van der Waals surface area contributed by atoms with Crippen molar-refractivity contribution < 1.29 is 13.9 Å². The molecular weight excluding hydrogens is 427 g/mol. The van der Waals surface area contributed by atoms with Crippen LogP contribution in [0.1, 0.15) is 24.3 Å². The monoisotopic (exact) mass is 446 g/mol. The number of anilines is 2. The Morgan fingerprint density at radius 1 is 1.30 bits per heavy atom. The summed E-state index contributed by atoms with van der Waals surface area (Å²) < 4.78 is 19.3. The molecule has 0 bridgehead atoms. The summed E-state index contributed by atoms with van der Waals surface area (Å²) in [5, 5.41) is 11.2. The minimum atomic E-state index is -0.442. The van der Waals surface area contributed by atoms with Gasteiger partial charge in [-0.1, -0.05) is 11.3 Å². The summed E-state index contributed by atoms with van der Waals surface area (Å²) in [7, 11) is 1.86. The Hall–Kier alpha value is -3.18. The van der Waals surface area contributed by atoms with Crippen molar-refractivity contribution in [2.45, 2.75) is 13.8 Å². The zero-order valence-electron chi connectivity index (χ0n) is 16.4. The number of aromatic nitrogens is 2. The Balaban J connectivity index is 1.50. The van der Waals surface area contributed by atoms with Crippen LogP contribution in [-0.4, -0.2) is 34.6 Å². The lowest BCUT2D eigenvalue weighted by molar-refractivity contribution is 0.0520. The van der Waals surface area contributed by atoms with Crippen molar-refractivity contribution in [1.29, 1.82) is 0 Å². The number of allylic oxidation sites excluding steroid dienone is 2. The van der Waals surface area contributed by atoms with Crippen LogP contribution in [-0.2, 0) is 4.74 Å². The van der Waals surface area contributed by atoms with Gasteiger partial charge < -0.3 is 15.4 Å². The summed E-state index contributed by atoms with van der Waals surface area (Å²) in [5.74, 6) is 0.768. The lowest BCUT2D eigenvalue weighted by atomic mass is 10.2. The molecule has 0 radical (unpaired) electrons. The van der Waals surface area contributed by atoms with E-state index in [2.05, 4.69) is 26.0 Å². The maximum absolute atomic E-state index is 13.4. The molecule has 0 saturated carbocycles. The number of nitrogens with zero attached hydrogens (tertiary/aromatic N) is 3. The van der Waals surface area contributed by atoms with Gasteiger partial charge in [0.05, 0.1) is 16.8 Å². The molecule has 0 fully saturated rings. The van der Waals surface area contributed by atoms with Crippen molar-refractivity contribution in [2.24, 2.45) is 0 Å². The van der Waals surface area contributed by atoms with Gasteiger partial charge in [0.15, 0.2) is 16.0 Å². The van der Waals surface area contributed by atoms with Gasteiger partial charge in [-0.2, -0.15) is 0 Å². The third-order valence-corrected chi connectivity index (χ3v) is 5.87. The minimum absolute atomic E-state index is 0.274. The average molecular weight is 447 g/mol. The first kappa shape index (κ1) is 20.1. The van der Waals surface area contributed by atoms with Crippen molar-refractivity contribution in [3.63, 3.8) is 0 Å². The fourth-order valence-electron chi connectivity index (χ4n) is 2.87. The fraction of sp³-hybridized carbons (Fsp3) is 0.211. The molecule has 8 nitrogen and oxygen atoms in total. The summed E-state index contributed by atoms with van der Waals surface area (Å²) in [6.45, 7) is 4.02. The molecular formula is C19H19FN6O2S2. The number of hydrazine groups is 1. The summed E-state index contributed by atoms with van der Waals surface area (Å²) in [4.78, 5) is 20.5. The molecule has 30 heavy (non-hydrogen) atoms. The van der Waals surface area contributed by atoms with Crippen LogP contribution in [0.3, 0.4) is 0 Å². The minimum Gasteiger partial charge on any atom is -0.461 e. The number of hydrogen-bond donors (Lipinski definition) is 3. The molecule has 0 spiro atoms. The van der Waals surface area contributed by atoms with E-state index in [-0.39, 0.29) is 11.5 Å².